The molecule has 1 aliphatic rings. The number of rotatable bonds is 5. The molecule has 2 aromatic carbocycles. The molecule has 1 N–H and O–H groups in total. The predicted octanol–water partition coefficient (Wildman–Crippen LogP) is 2.59. The van der Waals surface area contributed by atoms with E-state index in [1.807, 2.05) is 6.07 Å². The molecule has 3 rings (SSSR count). The zero-order chi connectivity index (χ0) is 15.2. The normalized spacial score (nSPS) is 15.7. The average molecular weight is 298 g/mol. The molecule has 4 nitrogen and oxygen atoms in total. The molecule has 0 spiro atoms. The number of piperazine rings is 1. The highest BCUT2D eigenvalue weighted by atomic mass is 16.5. The topological polar surface area (TPSA) is 35.9 Å². The predicted molar refractivity (Wildman–Crippen MR) is 88.7 cm³/mol. The van der Waals surface area contributed by atoms with Gasteiger partial charge < -0.3 is 14.7 Å². The number of phenolic OH excluding ortho intramolecular Hbond substituents is 1. The molecular weight excluding hydrogens is 276 g/mol. The monoisotopic (exact) mass is 298 g/mol. The van der Waals surface area contributed by atoms with Crippen LogP contribution in [-0.4, -0.2) is 49.3 Å². The quantitative estimate of drug-likeness (QED) is 0.920. The maximum absolute atomic E-state index is 9.40. The Hall–Kier alpha value is -2.20. The molecule has 2 aromatic rings. The molecule has 1 saturated heterocycles. The minimum atomic E-state index is 0.244. The molecule has 1 fully saturated rings. The van der Waals surface area contributed by atoms with Gasteiger partial charge in [0.2, 0.25) is 0 Å². The minimum absolute atomic E-state index is 0.244. The summed E-state index contributed by atoms with van der Waals surface area (Å²) in [5, 5.41) is 9.40. The van der Waals surface area contributed by atoms with Crippen LogP contribution < -0.4 is 9.64 Å². The summed E-state index contributed by atoms with van der Waals surface area (Å²) in [5.41, 5.74) is 1.30. The first-order valence-corrected chi connectivity index (χ1v) is 7.75. The third kappa shape index (κ3) is 3.92. The number of benzene rings is 2. The molecule has 0 saturated carbocycles. The van der Waals surface area contributed by atoms with E-state index in [9.17, 15) is 5.11 Å². The van der Waals surface area contributed by atoms with Gasteiger partial charge in [0.25, 0.3) is 0 Å². The lowest BCUT2D eigenvalue weighted by Gasteiger charge is -2.36. The standard InChI is InChI=1S/C18H22N2O2/c21-17-7-4-8-18(15-17)22-14-13-19-9-11-20(12-10-19)16-5-2-1-3-6-16/h1-8,15,21H,9-14H2. The van der Waals surface area contributed by atoms with Gasteiger partial charge in [-0.25, -0.2) is 0 Å². The number of ether oxygens (including phenoxy) is 1. The van der Waals surface area contributed by atoms with E-state index in [4.69, 9.17) is 4.74 Å². The largest absolute Gasteiger partial charge is 0.508 e. The third-order valence-electron chi connectivity index (χ3n) is 3.99. The van der Waals surface area contributed by atoms with Crippen molar-refractivity contribution in [2.75, 3.05) is 44.2 Å². The number of hydrogen-bond acceptors (Lipinski definition) is 4. The fraction of sp³-hybridized carbons (Fsp3) is 0.333. The fourth-order valence-electron chi connectivity index (χ4n) is 2.73. The highest BCUT2D eigenvalue weighted by Gasteiger charge is 2.16. The lowest BCUT2D eigenvalue weighted by molar-refractivity contribution is 0.200. The molecule has 1 heterocycles. The van der Waals surface area contributed by atoms with Gasteiger partial charge in [0.05, 0.1) is 0 Å². The first kappa shape index (κ1) is 14.7. The fourth-order valence-corrected chi connectivity index (χ4v) is 2.73. The van der Waals surface area contributed by atoms with Crippen molar-refractivity contribution in [1.29, 1.82) is 0 Å². The van der Waals surface area contributed by atoms with Crippen LogP contribution in [0, 0.1) is 0 Å². The molecular formula is C18H22N2O2. The van der Waals surface area contributed by atoms with Crippen molar-refractivity contribution < 1.29 is 9.84 Å². The number of phenols is 1. The lowest BCUT2D eigenvalue weighted by atomic mass is 10.2. The van der Waals surface area contributed by atoms with Gasteiger partial charge in [0.1, 0.15) is 18.1 Å². The molecule has 0 bridgehead atoms. The van der Waals surface area contributed by atoms with E-state index < -0.39 is 0 Å². The summed E-state index contributed by atoms with van der Waals surface area (Å²) in [4.78, 5) is 4.84. The highest BCUT2D eigenvalue weighted by Crippen LogP contribution is 2.18. The first-order chi connectivity index (χ1) is 10.8. The number of hydrogen-bond donors (Lipinski definition) is 1. The highest BCUT2D eigenvalue weighted by molar-refractivity contribution is 5.46. The van der Waals surface area contributed by atoms with E-state index in [1.165, 1.54) is 5.69 Å². The van der Waals surface area contributed by atoms with Crippen molar-refractivity contribution in [2.24, 2.45) is 0 Å². The summed E-state index contributed by atoms with van der Waals surface area (Å²) in [6.45, 7) is 5.77. The summed E-state index contributed by atoms with van der Waals surface area (Å²) >= 11 is 0. The number of para-hydroxylation sites is 1. The molecule has 0 amide bonds. The van der Waals surface area contributed by atoms with E-state index in [1.54, 1.807) is 18.2 Å². The zero-order valence-corrected chi connectivity index (χ0v) is 12.7. The molecule has 0 radical (unpaired) electrons. The SMILES string of the molecule is Oc1cccc(OCCN2CCN(c3ccccc3)CC2)c1. The van der Waals surface area contributed by atoms with Crippen LogP contribution in [-0.2, 0) is 0 Å². The van der Waals surface area contributed by atoms with Crippen LogP contribution in [0.4, 0.5) is 5.69 Å². The van der Waals surface area contributed by atoms with Gasteiger partial charge in [-0.2, -0.15) is 0 Å². The summed E-state index contributed by atoms with van der Waals surface area (Å²) in [6, 6.07) is 17.5. The molecule has 116 valence electrons. The summed E-state index contributed by atoms with van der Waals surface area (Å²) < 4.78 is 5.69. The molecule has 0 aliphatic carbocycles. The molecule has 1 aliphatic heterocycles. The van der Waals surface area contributed by atoms with Gasteiger partial charge in [-0.05, 0) is 24.3 Å². The van der Waals surface area contributed by atoms with E-state index >= 15 is 0 Å². The van der Waals surface area contributed by atoms with Crippen LogP contribution in [0.25, 0.3) is 0 Å². The van der Waals surface area contributed by atoms with Crippen molar-refractivity contribution in [3.05, 3.63) is 54.6 Å². The van der Waals surface area contributed by atoms with Crippen molar-refractivity contribution in [3.8, 4) is 11.5 Å². The third-order valence-corrected chi connectivity index (χ3v) is 3.99. The Morgan fingerprint density at radius 2 is 1.68 bits per heavy atom. The summed E-state index contributed by atoms with van der Waals surface area (Å²) in [7, 11) is 0. The second kappa shape index (κ2) is 7.18. The van der Waals surface area contributed by atoms with E-state index in [0.29, 0.717) is 6.61 Å². The Balaban J connectivity index is 1.41. The Labute approximate surface area is 131 Å². The van der Waals surface area contributed by atoms with Crippen molar-refractivity contribution in [3.63, 3.8) is 0 Å². The van der Waals surface area contributed by atoms with Crippen molar-refractivity contribution >= 4 is 5.69 Å². The van der Waals surface area contributed by atoms with E-state index in [2.05, 4.69) is 40.1 Å². The summed E-state index contributed by atoms with van der Waals surface area (Å²) in [5.74, 6) is 0.969. The van der Waals surface area contributed by atoms with E-state index in [-0.39, 0.29) is 5.75 Å². The van der Waals surface area contributed by atoms with Crippen LogP contribution in [0.3, 0.4) is 0 Å². The van der Waals surface area contributed by atoms with Crippen molar-refractivity contribution in [1.82, 2.24) is 4.90 Å². The smallest absolute Gasteiger partial charge is 0.123 e. The van der Waals surface area contributed by atoms with Gasteiger partial charge in [0.15, 0.2) is 0 Å². The van der Waals surface area contributed by atoms with Crippen LogP contribution in [0.5, 0.6) is 11.5 Å². The van der Waals surface area contributed by atoms with Gasteiger partial charge in [0, 0.05) is 44.5 Å². The number of aromatic hydroxyl groups is 1. The van der Waals surface area contributed by atoms with Gasteiger partial charge in [-0.1, -0.05) is 24.3 Å². The molecule has 4 heteroatoms. The average Bonchev–Trinajstić information content (AvgIpc) is 2.56. The molecule has 0 aromatic heterocycles. The van der Waals surface area contributed by atoms with Crippen LogP contribution in [0.2, 0.25) is 0 Å². The number of nitrogens with zero attached hydrogens (tertiary/aromatic N) is 2. The Morgan fingerprint density at radius 3 is 2.41 bits per heavy atom. The lowest BCUT2D eigenvalue weighted by Crippen LogP contribution is -2.47. The van der Waals surface area contributed by atoms with E-state index in [0.717, 1.165) is 38.5 Å². The number of anilines is 1. The van der Waals surface area contributed by atoms with Crippen LogP contribution in [0.15, 0.2) is 54.6 Å². The van der Waals surface area contributed by atoms with Crippen LogP contribution in [0.1, 0.15) is 0 Å². The summed E-state index contributed by atoms with van der Waals surface area (Å²) in [6.07, 6.45) is 0. The van der Waals surface area contributed by atoms with Gasteiger partial charge in [-0.15, -0.1) is 0 Å². The molecule has 22 heavy (non-hydrogen) atoms. The van der Waals surface area contributed by atoms with Gasteiger partial charge >= 0.3 is 0 Å². The second-order valence-electron chi connectivity index (χ2n) is 5.51. The first-order valence-electron chi connectivity index (χ1n) is 7.75. The molecule has 0 atom stereocenters. The van der Waals surface area contributed by atoms with Crippen molar-refractivity contribution in [2.45, 2.75) is 0 Å². The van der Waals surface area contributed by atoms with Gasteiger partial charge in [-0.3, -0.25) is 4.90 Å². The Morgan fingerprint density at radius 1 is 0.909 bits per heavy atom. The second-order valence-corrected chi connectivity index (χ2v) is 5.51. The van der Waals surface area contributed by atoms with Crippen LogP contribution >= 0.6 is 0 Å². The minimum Gasteiger partial charge on any atom is -0.508 e. The Kier molecular flexibility index (Phi) is 4.81. The Bertz CT molecular complexity index is 581. The molecule has 0 unspecified atom stereocenters. The maximum atomic E-state index is 9.40. The maximum Gasteiger partial charge on any atom is 0.123 e. The zero-order valence-electron chi connectivity index (χ0n) is 12.7.